The van der Waals surface area contributed by atoms with Crippen LogP contribution in [0.3, 0.4) is 0 Å². The number of amides is 4. The number of likely N-dealkylation sites (tertiary alicyclic amines) is 1. The van der Waals surface area contributed by atoms with Crippen molar-refractivity contribution in [3.05, 3.63) is 30.0 Å². The Balaban J connectivity index is 1.69. The van der Waals surface area contributed by atoms with Gasteiger partial charge in [-0.25, -0.2) is 0 Å². The van der Waals surface area contributed by atoms with E-state index in [1.807, 2.05) is 46.7 Å². The van der Waals surface area contributed by atoms with Crippen LogP contribution in [0.25, 0.3) is 6.08 Å². The van der Waals surface area contributed by atoms with E-state index in [1.165, 1.54) is 0 Å². The summed E-state index contributed by atoms with van der Waals surface area (Å²) in [4.78, 5) is 60.3. The molecule has 0 radical (unpaired) electrons. The number of rotatable bonds is 8. The number of methoxy groups -OCH3 is 1. The van der Waals surface area contributed by atoms with Crippen molar-refractivity contribution in [2.45, 2.75) is 83.6 Å². The number of carbonyl (C=O) groups excluding carboxylic acids is 4. The topological polar surface area (TPSA) is 121 Å². The number of nitrogens with zero attached hydrogens (tertiary/aromatic N) is 3. The van der Waals surface area contributed by atoms with Crippen LogP contribution in [0.5, 0.6) is 11.5 Å². The van der Waals surface area contributed by atoms with Crippen LogP contribution in [0.15, 0.2) is 24.4 Å². The molecule has 3 aliphatic heterocycles. The monoisotopic (exact) mass is 597 g/mol. The van der Waals surface area contributed by atoms with Crippen molar-refractivity contribution in [3.8, 4) is 11.5 Å². The third-order valence-corrected chi connectivity index (χ3v) is 8.93. The van der Waals surface area contributed by atoms with Crippen LogP contribution in [0.2, 0.25) is 0 Å². The minimum Gasteiger partial charge on any atom is -0.496 e. The predicted molar refractivity (Wildman–Crippen MR) is 163 cm³/mol. The van der Waals surface area contributed by atoms with Gasteiger partial charge in [0.25, 0.3) is 0 Å². The van der Waals surface area contributed by atoms with Crippen LogP contribution in [0.4, 0.5) is 0 Å². The molecule has 3 heterocycles. The molecule has 43 heavy (non-hydrogen) atoms. The molecule has 11 nitrogen and oxygen atoms in total. The number of likely N-dealkylation sites (N-methyl/N-ethyl adjacent to an activating group) is 1. The quantitative estimate of drug-likeness (QED) is 0.472. The fourth-order valence-electron chi connectivity index (χ4n) is 6.46. The second-order valence-corrected chi connectivity index (χ2v) is 12.4. The van der Waals surface area contributed by atoms with Crippen molar-refractivity contribution < 1.29 is 28.7 Å². The molecule has 0 saturated carbocycles. The van der Waals surface area contributed by atoms with E-state index in [-0.39, 0.29) is 42.0 Å². The predicted octanol–water partition coefficient (Wildman–Crippen LogP) is 2.25. The van der Waals surface area contributed by atoms with E-state index < -0.39 is 30.3 Å². The van der Waals surface area contributed by atoms with Crippen LogP contribution in [0, 0.1) is 11.8 Å². The summed E-state index contributed by atoms with van der Waals surface area (Å²) in [6, 6.07) is 2.50. The van der Waals surface area contributed by atoms with E-state index in [9.17, 15) is 19.2 Å². The molecule has 11 heteroatoms. The zero-order chi connectivity index (χ0) is 31.4. The van der Waals surface area contributed by atoms with Gasteiger partial charge in [-0.15, -0.1) is 0 Å². The molecule has 0 unspecified atom stereocenters. The first-order valence-corrected chi connectivity index (χ1v) is 15.4. The Morgan fingerprint density at radius 2 is 1.91 bits per heavy atom. The summed E-state index contributed by atoms with van der Waals surface area (Å²) in [5.74, 6) is -0.137. The Morgan fingerprint density at radius 1 is 1.16 bits per heavy atom. The molecule has 0 aromatic heterocycles. The fraction of sp³-hybridized carbons (Fsp3) is 0.625. The van der Waals surface area contributed by atoms with Gasteiger partial charge >= 0.3 is 0 Å². The van der Waals surface area contributed by atoms with E-state index >= 15 is 0 Å². The van der Waals surface area contributed by atoms with Gasteiger partial charge in [0.05, 0.1) is 13.2 Å². The van der Waals surface area contributed by atoms with E-state index in [2.05, 4.69) is 10.6 Å². The molecule has 2 N–H and O–H groups in total. The normalized spacial score (nSPS) is 24.9. The minimum atomic E-state index is -0.947. The highest BCUT2D eigenvalue weighted by Crippen LogP contribution is 2.32. The summed E-state index contributed by atoms with van der Waals surface area (Å²) < 4.78 is 11.9. The van der Waals surface area contributed by atoms with Gasteiger partial charge in [-0.2, -0.15) is 0 Å². The van der Waals surface area contributed by atoms with Gasteiger partial charge in [-0.05, 0) is 63.0 Å². The van der Waals surface area contributed by atoms with Crippen molar-refractivity contribution in [2.75, 3.05) is 34.3 Å². The molecule has 236 valence electrons. The Labute approximate surface area is 254 Å². The number of benzene rings is 1. The fourth-order valence-corrected chi connectivity index (χ4v) is 6.46. The number of nitrogens with one attached hydrogen (secondary N) is 2. The average molecular weight is 598 g/mol. The second kappa shape index (κ2) is 13.8. The molecule has 1 aromatic rings. The lowest BCUT2D eigenvalue weighted by Crippen LogP contribution is -2.61. The van der Waals surface area contributed by atoms with Gasteiger partial charge in [0, 0.05) is 31.3 Å². The zero-order valence-electron chi connectivity index (χ0n) is 26.5. The Kier molecular flexibility index (Phi) is 10.4. The van der Waals surface area contributed by atoms with E-state index in [1.54, 1.807) is 47.4 Å². The summed E-state index contributed by atoms with van der Waals surface area (Å²) in [6.07, 6.45) is 5.10. The number of carbonyl (C=O) groups is 4. The number of hydrogen-bond donors (Lipinski definition) is 2. The van der Waals surface area contributed by atoms with Gasteiger partial charge in [0.15, 0.2) is 0 Å². The van der Waals surface area contributed by atoms with E-state index in [4.69, 9.17) is 9.47 Å². The molecule has 6 atom stereocenters. The summed E-state index contributed by atoms with van der Waals surface area (Å²) >= 11 is 0. The summed E-state index contributed by atoms with van der Waals surface area (Å²) in [6.45, 7) is 8.54. The standard InChI is InChI=1S/C32H47N5O6/c1-8-20(4)27(35(5)6)30(39)34-26(19(2)3)31(40)37-17-14-25-28(37)32(41)36-16-9-10-23(36)29(38)33-15-13-21-18-22(43-25)11-12-24(21)42-7/h11-13,15,18-20,23,25-28H,8-10,14,16-17H2,1-7H3,(H,33,38)(H,34,39)/b15-13+/t20-,23-,25-,26-,27+,28-/m0/s1. The van der Waals surface area contributed by atoms with Crippen LogP contribution < -0.4 is 20.1 Å². The molecule has 3 aliphatic rings. The lowest BCUT2D eigenvalue weighted by molar-refractivity contribution is -0.150. The van der Waals surface area contributed by atoms with Gasteiger partial charge in [0.2, 0.25) is 23.6 Å². The van der Waals surface area contributed by atoms with Crippen molar-refractivity contribution in [2.24, 2.45) is 11.8 Å². The smallest absolute Gasteiger partial charge is 0.249 e. The lowest BCUT2D eigenvalue weighted by Gasteiger charge is -2.36. The van der Waals surface area contributed by atoms with E-state index in [0.29, 0.717) is 42.9 Å². The molecule has 0 spiro atoms. The van der Waals surface area contributed by atoms with Crippen LogP contribution in [-0.4, -0.2) is 103 Å². The number of ether oxygens (including phenoxy) is 2. The van der Waals surface area contributed by atoms with Crippen LogP contribution in [0.1, 0.15) is 58.9 Å². The van der Waals surface area contributed by atoms with Gasteiger partial charge in [-0.3, -0.25) is 24.1 Å². The minimum absolute atomic E-state index is 0.0848. The molecule has 4 amide bonds. The largest absolute Gasteiger partial charge is 0.496 e. The van der Waals surface area contributed by atoms with Gasteiger partial charge < -0.3 is 29.9 Å². The number of hydrogen-bond acceptors (Lipinski definition) is 7. The molecule has 1 aromatic carbocycles. The molecule has 2 saturated heterocycles. The third-order valence-electron chi connectivity index (χ3n) is 8.93. The lowest BCUT2D eigenvalue weighted by atomic mass is 9.95. The van der Waals surface area contributed by atoms with Crippen LogP contribution in [-0.2, 0) is 19.2 Å². The average Bonchev–Trinajstić information content (AvgIpc) is 3.62. The highest BCUT2D eigenvalue weighted by atomic mass is 16.5. The molecular formula is C32H47N5O6. The molecule has 2 fully saturated rings. The van der Waals surface area contributed by atoms with Crippen molar-refractivity contribution in [1.29, 1.82) is 0 Å². The first-order chi connectivity index (χ1) is 20.5. The Hall–Kier alpha value is -3.60. The first-order valence-electron chi connectivity index (χ1n) is 15.4. The summed E-state index contributed by atoms with van der Waals surface area (Å²) in [5, 5.41) is 5.84. The van der Waals surface area contributed by atoms with Crippen molar-refractivity contribution >= 4 is 29.7 Å². The van der Waals surface area contributed by atoms with Gasteiger partial charge in [-0.1, -0.05) is 34.1 Å². The third kappa shape index (κ3) is 6.82. The zero-order valence-corrected chi connectivity index (χ0v) is 26.5. The van der Waals surface area contributed by atoms with Crippen molar-refractivity contribution in [1.82, 2.24) is 25.3 Å². The van der Waals surface area contributed by atoms with E-state index in [0.717, 1.165) is 6.42 Å². The maximum Gasteiger partial charge on any atom is 0.249 e. The van der Waals surface area contributed by atoms with Crippen LogP contribution >= 0.6 is 0 Å². The van der Waals surface area contributed by atoms with Crippen molar-refractivity contribution in [3.63, 3.8) is 0 Å². The first kappa shape index (κ1) is 32.3. The molecule has 4 rings (SSSR count). The highest BCUT2D eigenvalue weighted by molar-refractivity contribution is 5.96. The maximum absolute atomic E-state index is 14.3. The van der Waals surface area contributed by atoms with Gasteiger partial charge in [0.1, 0.15) is 35.7 Å². The SMILES string of the molecule is CC[C@H](C)[C@H](C(=O)N[C@H](C(=O)N1CC[C@@H]2Oc3ccc(OC)c(c3)/C=C/NC(=O)[C@@H]3CCCN3C(=O)[C@H]21)C(C)C)N(C)C. The molecule has 0 aliphatic carbocycles. The second-order valence-electron chi connectivity index (χ2n) is 12.4. The maximum atomic E-state index is 14.3. The Bertz CT molecular complexity index is 1230. The Morgan fingerprint density at radius 3 is 2.56 bits per heavy atom. The highest BCUT2D eigenvalue weighted by Gasteiger charge is 2.49. The summed E-state index contributed by atoms with van der Waals surface area (Å²) in [7, 11) is 5.29. The summed E-state index contributed by atoms with van der Waals surface area (Å²) in [5.41, 5.74) is 0.705. The number of fused-ring (bicyclic) bond motifs is 4. The molecular weight excluding hydrogens is 550 g/mol. The molecule has 2 bridgehead atoms.